The molecule has 0 saturated carbocycles. The molecule has 0 radical (unpaired) electrons. The summed E-state index contributed by atoms with van der Waals surface area (Å²) in [5.41, 5.74) is 2.66. The van der Waals surface area contributed by atoms with Crippen molar-refractivity contribution in [3.63, 3.8) is 0 Å². The highest BCUT2D eigenvalue weighted by Gasteiger charge is 1.98. The number of nitrogens with one attached hydrogen (secondary N) is 1. The summed E-state index contributed by atoms with van der Waals surface area (Å²) >= 11 is 1.91. The third-order valence-electron chi connectivity index (χ3n) is 2.86. The number of pyridine rings is 1. The van der Waals surface area contributed by atoms with Crippen LogP contribution >= 0.6 is 11.8 Å². The standard InChI is InChI=1S/C16H20N2S/c1-2-17-13-15-5-3-7-16(11-15)19-10-8-14-6-4-9-18-12-14/h3-7,9,11-12,17H,2,8,10,13H2,1H3. The van der Waals surface area contributed by atoms with E-state index in [-0.39, 0.29) is 0 Å². The van der Waals surface area contributed by atoms with Crippen LogP contribution in [-0.2, 0) is 13.0 Å². The van der Waals surface area contributed by atoms with Gasteiger partial charge < -0.3 is 5.32 Å². The van der Waals surface area contributed by atoms with E-state index in [0.29, 0.717) is 0 Å². The maximum absolute atomic E-state index is 4.14. The summed E-state index contributed by atoms with van der Waals surface area (Å²) in [5.74, 6) is 1.09. The lowest BCUT2D eigenvalue weighted by molar-refractivity contribution is 0.725. The van der Waals surface area contributed by atoms with Crippen LogP contribution in [0.2, 0.25) is 0 Å². The van der Waals surface area contributed by atoms with Crippen LogP contribution in [0.5, 0.6) is 0 Å². The van der Waals surface area contributed by atoms with Gasteiger partial charge in [-0.15, -0.1) is 11.8 Å². The van der Waals surface area contributed by atoms with Crippen molar-refractivity contribution < 1.29 is 0 Å². The van der Waals surface area contributed by atoms with E-state index in [0.717, 1.165) is 25.3 Å². The van der Waals surface area contributed by atoms with Gasteiger partial charge in [0.25, 0.3) is 0 Å². The summed E-state index contributed by atoms with van der Waals surface area (Å²) in [6.45, 7) is 4.10. The molecule has 0 aliphatic rings. The minimum Gasteiger partial charge on any atom is -0.313 e. The molecule has 0 aliphatic carbocycles. The van der Waals surface area contributed by atoms with Gasteiger partial charge in [-0.1, -0.05) is 25.1 Å². The number of hydrogen-bond acceptors (Lipinski definition) is 3. The fraction of sp³-hybridized carbons (Fsp3) is 0.312. The van der Waals surface area contributed by atoms with Gasteiger partial charge in [0, 0.05) is 29.6 Å². The molecule has 2 aromatic rings. The van der Waals surface area contributed by atoms with Gasteiger partial charge in [0.1, 0.15) is 0 Å². The lowest BCUT2D eigenvalue weighted by Crippen LogP contribution is -2.11. The SMILES string of the molecule is CCNCc1cccc(SCCc2cccnc2)c1. The summed E-state index contributed by atoms with van der Waals surface area (Å²) in [4.78, 5) is 5.49. The molecule has 0 amide bonds. The van der Waals surface area contributed by atoms with E-state index in [2.05, 4.69) is 47.6 Å². The molecule has 2 rings (SSSR count). The van der Waals surface area contributed by atoms with Crippen molar-refractivity contribution in [3.8, 4) is 0 Å². The number of aryl methyl sites for hydroxylation is 1. The van der Waals surface area contributed by atoms with Crippen molar-refractivity contribution in [1.29, 1.82) is 0 Å². The third kappa shape index (κ3) is 5.05. The molecule has 0 fully saturated rings. The first-order chi connectivity index (χ1) is 9.38. The van der Waals surface area contributed by atoms with Crippen molar-refractivity contribution in [3.05, 3.63) is 59.9 Å². The molecule has 100 valence electrons. The Hall–Kier alpha value is -1.32. The van der Waals surface area contributed by atoms with E-state index in [9.17, 15) is 0 Å². The fourth-order valence-electron chi connectivity index (χ4n) is 1.85. The Labute approximate surface area is 119 Å². The van der Waals surface area contributed by atoms with Crippen molar-refractivity contribution in [2.75, 3.05) is 12.3 Å². The first-order valence-electron chi connectivity index (χ1n) is 6.70. The van der Waals surface area contributed by atoms with Gasteiger partial charge in [-0.2, -0.15) is 0 Å². The quantitative estimate of drug-likeness (QED) is 0.781. The monoisotopic (exact) mass is 272 g/mol. The average Bonchev–Trinajstić information content (AvgIpc) is 2.47. The second-order valence-electron chi connectivity index (χ2n) is 4.39. The predicted octanol–water partition coefficient (Wildman–Crippen LogP) is 3.53. The molecule has 0 unspecified atom stereocenters. The molecule has 1 aromatic carbocycles. The predicted molar refractivity (Wildman–Crippen MR) is 82.5 cm³/mol. The molecule has 0 aliphatic heterocycles. The number of aromatic nitrogens is 1. The Morgan fingerprint density at radius 1 is 1.16 bits per heavy atom. The molecular weight excluding hydrogens is 252 g/mol. The van der Waals surface area contributed by atoms with Crippen LogP contribution < -0.4 is 5.32 Å². The van der Waals surface area contributed by atoms with Gasteiger partial charge in [-0.05, 0) is 42.3 Å². The number of rotatable bonds is 7. The van der Waals surface area contributed by atoms with Crippen LogP contribution in [-0.4, -0.2) is 17.3 Å². The lowest BCUT2D eigenvalue weighted by atomic mass is 10.2. The molecule has 0 saturated heterocycles. The second kappa shape index (κ2) is 7.97. The summed E-state index contributed by atoms with van der Waals surface area (Å²) in [6, 6.07) is 12.9. The smallest absolute Gasteiger partial charge is 0.0300 e. The van der Waals surface area contributed by atoms with Gasteiger partial charge in [0.05, 0.1) is 0 Å². The van der Waals surface area contributed by atoms with E-state index >= 15 is 0 Å². The largest absolute Gasteiger partial charge is 0.313 e. The summed E-state index contributed by atoms with van der Waals surface area (Å²) in [7, 11) is 0. The summed E-state index contributed by atoms with van der Waals surface area (Å²) < 4.78 is 0. The van der Waals surface area contributed by atoms with Crippen LogP contribution in [0.3, 0.4) is 0 Å². The first-order valence-corrected chi connectivity index (χ1v) is 7.68. The van der Waals surface area contributed by atoms with E-state index in [1.807, 2.05) is 30.2 Å². The maximum atomic E-state index is 4.14. The highest BCUT2D eigenvalue weighted by Crippen LogP contribution is 2.20. The Morgan fingerprint density at radius 3 is 2.84 bits per heavy atom. The maximum Gasteiger partial charge on any atom is 0.0300 e. The van der Waals surface area contributed by atoms with Crippen LogP contribution in [0.25, 0.3) is 0 Å². The van der Waals surface area contributed by atoms with Gasteiger partial charge in [0.2, 0.25) is 0 Å². The summed E-state index contributed by atoms with van der Waals surface area (Å²) in [5, 5.41) is 3.36. The molecule has 1 N–H and O–H groups in total. The topological polar surface area (TPSA) is 24.9 Å². The van der Waals surface area contributed by atoms with Crippen LogP contribution in [0.1, 0.15) is 18.1 Å². The van der Waals surface area contributed by atoms with E-state index in [1.165, 1.54) is 16.0 Å². The first kappa shape index (κ1) is 14.1. The molecule has 0 bridgehead atoms. The Kier molecular flexibility index (Phi) is 5.92. The van der Waals surface area contributed by atoms with E-state index < -0.39 is 0 Å². The molecule has 19 heavy (non-hydrogen) atoms. The minimum atomic E-state index is 0.952. The number of nitrogens with zero attached hydrogens (tertiary/aromatic N) is 1. The van der Waals surface area contributed by atoms with Crippen molar-refractivity contribution in [1.82, 2.24) is 10.3 Å². The molecule has 1 aromatic heterocycles. The van der Waals surface area contributed by atoms with Gasteiger partial charge in [-0.3, -0.25) is 4.98 Å². The zero-order valence-corrected chi connectivity index (χ0v) is 12.1. The zero-order valence-electron chi connectivity index (χ0n) is 11.3. The Bertz CT molecular complexity index is 485. The molecule has 0 atom stereocenters. The zero-order chi connectivity index (χ0) is 13.3. The van der Waals surface area contributed by atoms with Crippen molar-refractivity contribution in [2.24, 2.45) is 0 Å². The summed E-state index contributed by atoms with van der Waals surface area (Å²) in [6.07, 6.45) is 4.83. The average molecular weight is 272 g/mol. The third-order valence-corrected chi connectivity index (χ3v) is 3.86. The lowest BCUT2D eigenvalue weighted by Gasteiger charge is -2.06. The highest BCUT2D eigenvalue weighted by molar-refractivity contribution is 7.99. The van der Waals surface area contributed by atoms with E-state index in [4.69, 9.17) is 0 Å². The van der Waals surface area contributed by atoms with Gasteiger partial charge in [0.15, 0.2) is 0 Å². The molecular formula is C16H20N2S. The number of thioether (sulfide) groups is 1. The Balaban J connectivity index is 1.82. The highest BCUT2D eigenvalue weighted by atomic mass is 32.2. The normalized spacial score (nSPS) is 10.6. The van der Waals surface area contributed by atoms with Gasteiger partial charge >= 0.3 is 0 Å². The number of hydrogen-bond donors (Lipinski definition) is 1. The minimum absolute atomic E-state index is 0.952. The van der Waals surface area contributed by atoms with Crippen molar-refractivity contribution in [2.45, 2.75) is 24.8 Å². The molecule has 0 spiro atoms. The van der Waals surface area contributed by atoms with E-state index in [1.54, 1.807) is 0 Å². The molecule has 3 heteroatoms. The molecule has 2 nitrogen and oxygen atoms in total. The second-order valence-corrected chi connectivity index (χ2v) is 5.56. The fourth-order valence-corrected chi connectivity index (χ4v) is 2.83. The van der Waals surface area contributed by atoms with Crippen LogP contribution in [0.15, 0.2) is 53.7 Å². The number of benzene rings is 1. The van der Waals surface area contributed by atoms with Crippen LogP contribution in [0, 0.1) is 0 Å². The van der Waals surface area contributed by atoms with Crippen molar-refractivity contribution >= 4 is 11.8 Å². The Morgan fingerprint density at radius 2 is 2.05 bits per heavy atom. The van der Waals surface area contributed by atoms with Gasteiger partial charge in [-0.25, -0.2) is 0 Å². The van der Waals surface area contributed by atoms with Crippen LogP contribution in [0.4, 0.5) is 0 Å². The molecule has 1 heterocycles.